The maximum atomic E-state index is 5.40. The predicted octanol–water partition coefficient (Wildman–Crippen LogP) is 3.44. The lowest BCUT2D eigenvalue weighted by Gasteiger charge is -2.26. The normalized spacial score (nSPS) is 15.7. The minimum Gasteiger partial charge on any atom is -0.379 e. The molecule has 0 aliphatic carbocycles. The molecule has 0 radical (unpaired) electrons. The molecule has 1 aromatic carbocycles. The van der Waals surface area contributed by atoms with Crippen molar-refractivity contribution in [3.63, 3.8) is 0 Å². The monoisotopic (exact) mass is 319 g/mol. The Bertz CT molecular complexity index is 839. The van der Waals surface area contributed by atoms with E-state index in [4.69, 9.17) is 9.72 Å². The lowest BCUT2D eigenvalue weighted by Crippen LogP contribution is -2.35. The van der Waals surface area contributed by atoms with Gasteiger partial charge < -0.3 is 4.74 Å². The average Bonchev–Trinajstić information content (AvgIpc) is 2.62. The molecule has 4 nitrogen and oxygen atoms in total. The quantitative estimate of drug-likeness (QED) is 0.741. The van der Waals surface area contributed by atoms with Gasteiger partial charge in [-0.1, -0.05) is 24.3 Å². The molecule has 3 aromatic rings. The topological polar surface area (TPSA) is 38.2 Å². The van der Waals surface area contributed by atoms with Gasteiger partial charge >= 0.3 is 0 Å². The summed E-state index contributed by atoms with van der Waals surface area (Å²) in [5.41, 5.74) is 5.44. The average molecular weight is 319 g/mol. The van der Waals surface area contributed by atoms with Crippen molar-refractivity contribution in [1.82, 2.24) is 14.9 Å². The molecule has 4 heteroatoms. The van der Waals surface area contributed by atoms with Gasteiger partial charge in [-0.25, -0.2) is 0 Å². The highest BCUT2D eigenvalue weighted by atomic mass is 16.5. The number of nitrogens with zero attached hydrogens (tertiary/aromatic N) is 3. The third-order valence-electron chi connectivity index (χ3n) is 4.48. The summed E-state index contributed by atoms with van der Waals surface area (Å²) in [6, 6.07) is 14.7. The molecular weight excluding hydrogens is 298 g/mol. The molecule has 1 aliphatic heterocycles. The first-order valence-electron chi connectivity index (χ1n) is 8.41. The first-order valence-corrected chi connectivity index (χ1v) is 8.41. The number of fused-ring (bicyclic) bond motifs is 1. The van der Waals surface area contributed by atoms with Gasteiger partial charge in [0.1, 0.15) is 0 Å². The fourth-order valence-corrected chi connectivity index (χ4v) is 3.18. The third kappa shape index (κ3) is 3.16. The van der Waals surface area contributed by atoms with E-state index in [9.17, 15) is 0 Å². The summed E-state index contributed by atoms with van der Waals surface area (Å²) in [5, 5.41) is 1.15. The Hall–Kier alpha value is -2.30. The highest BCUT2D eigenvalue weighted by Gasteiger charge is 2.11. The van der Waals surface area contributed by atoms with E-state index < -0.39 is 0 Å². The van der Waals surface area contributed by atoms with Crippen LogP contribution in [-0.4, -0.2) is 41.2 Å². The summed E-state index contributed by atoms with van der Waals surface area (Å²) in [6.07, 6.45) is 1.99. The van der Waals surface area contributed by atoms with Crippen LogP contribution >= 0.6 is 0 Å². The Kier molecular flexibility index (Phi) is 4.24. The Morgan fingerprint density at radius 3 is 2.71 bits per heavy atom. The molecule has 3 heterocycles. The van der Waals surface area contributed by atoms with Crippen molar-refractivity contribution in [3.05, 3.63) is 59.9 Å². The van der Waals surface area contributed by atoms with E-state index in [1.54, 1.807) is 0 Å². The molecule has 1 saturated heterocycles. The highest BCUT2D eigenvalue weighted by molar-refractivity contribution is 5.93. The number of hydrogen-bond donors (Lipinski definition) is 0. The Morgan fingerprint density at radius 2 is 1.92 bits per heavy atom. The molecule has 24 heavy (non-hydrogen) atoms. The number of rotatable bonds is 3. The molecule has 4 rings (SSSR count). The number of morpholine rings is 1. The second-order valence-electron chi connectivity index (χ2n) is 6.27. The molecule has 0 spiro atoms. The minimum absolute atomic E-state index is 0.827. The SMILES string of the molecule is Cc1ccc2c(-c3ccc(CN4CCOCC4)cn3)cccc2n1. The fourth-order valence-electron chi connectivity index (χ4n) is 3.18. The van der Waals surface area contributed by atoms with Crippen molar-refractivity contribution in [2.24, 2.45) is 0 Å². The van der Waals surface area contributed by atoms with Crippen molar-refractivity contribution in [2.45, 2.75) is 13.5 Å². The van der Waals surface area contributed by atoms with Gasteiger partial charge in [0.15, 0.2) is 0 Å². The van der Waals surface area contributed by atoms with Crippen LogP contribution in [0.25, 0.3) is 22.2 Å². The van der Waals surface area contributed by atoms with Gasteiger partial charge in [0.2, 0.25) is 0 Å². The van der Waals surface area contributed by atoms with Crippen LogP contribution in [0.1, 0.15) is 11.3 Å². The van der Waals surface area contributed by atoms with E-state index in [0.717, 1.165) is 60.7 Å². The van der Waals surface area contributed by atoms with Gasteiger partial charge in [0, 0.05) is 42.5 Å². The first-order chi connectivity index (χ1) is 11.8. The summed E-state index contributed by atoms with van der Waals surface area (Å²) in [4.78, 5) is 11.7. The second-order valence-corrected chi connectivity index (χ2v) is 6.27. The van der Waals surface area contributed by atoms with Gasteiger partial charge in [-0.15, -0.1) is 0 Å². The fraction of sp³-hybridized carbons (Fsp3) is 0.300. The molecule has 0 unspecified atom stereocenters. The van der Waals surface area contributed by atoms with Crippen LogP contribution in [0.2, 0.25) is 0 Å². The number of pyridine rings is 2. The third-order valence-corrected chi connectivity index (χ3v) is 4.48. The van der Waals surface area contributed by atoms with Crippen LogP contribution in [-0.2, 0) is 11.3 Å². The van der Waals surface area contributed by atoms with E-state index in [1.807, 2.05) is 19.2 Å². The van der Waals surface area contributed by atoms with Gasteiger partial charge in [-0.3, -0.25) is 14.9 Å². The number of ether oxygens (including phenoxy) is 1. The molecule has 0 atom stereocenters. The van der Waals surface area contributed by atoms with Gasteiger partial charge in [-0.2, -0.15) is 0 Å². The summed E-state index contributed by atoms with van der Waals surface area (Å²) in [5.74, 6) is 0. The minimum atomic E-state index is 0.827. The van der Waals surface area contributed by atoms with E-state index in [2.05, 4.69) is 46.3 Å². The number of hydrogen-bond acceptors (Lipinski definition) is 4. The summed E-state index contributed by atoms with van der Waals surface area (Å²) in [7, 11) is 0. The number of aryl methyl sites for hydroxylation is 1. The number of benzene rings is 1. The molecule has 0 saturated carbocycles. The van der Waals surface area contributed by atoms with Crippen molar-refractivity contribution in [2.75, 3.05) is 26.3 Å². The molecule has 1 fully saturated rings. The van der Waals surface area contributed by atoms with Gasteiger partial charge in [-0.05, 0) is 30.7 Å². The zero-order chi connectivity index (χ0) is 16.4. The van der Waals surface area contributed by atoms with Crippen molar-refractivity contribution < 1.29 is 4.74 Å². The summed E-state index contributed by atoms with van der Waals surface area (Å²) >= 11 is 0. The molecule has 0 bridgehead atoms. The molecule has 0 N–H and O–H groups in total. The Morgan fingerprint density at radius 1 is 1.04 bits per heavy atom. The molecule has 2 aromatic heterocycles. The maximum Gasteiger partial charge on any atom is 0.0711 e. The van der Waals surface area contributed by atoms with E-state index in [0.29, 0.717) is 0 Å². The van der Waals surface area contributed by atoms with Crippen molar-refractivity contribution >= 4 is 10.9 Å². The number of aromatic nitrogens is 2. The highest BCUT2D eigenvalue weighted by Crippen LogP contribution is 2.26. The molecule has 122 valence electrons. The smallest absolute Gasteiger partial charge is 0.0711 e. The summed E-state index contributed by atoms with van der Waals surface area (Å²) < 4.78 is 5.40. The van der Waals surface area contributed by atoms with Crippen LogP contribution in [0.5, 0.6) is 0 Å². The standard InChI is InChI=1S/C20H21N3O/c1-15-5-7-18-17(3-2-4-20(18)22-15)19-8-6-16(13-21-19)14-23-9-11-24-12-10-23/h2-8,13H,9-12,14H2,1H3. The largest absolute Gasteiger partial charge is 0.379 e. The van der Waals surface area contributed by atoms with Gasteiger partial charge in [0.05, 0.1) is 24.4 Å². The van der Waals surface area contributed by atoms with Crippen LogP contribution < -0.4 is 0 Å². The van der Waals surface area contributed by atoms with Crippen LogP contribution in [0.4, 0.5) is 0 Å². The Balaban J connectivity index is 1.61. The molecule has 0 amide bonds. The summed E-state index contributed by atoms with van der Waals surface area (Å²) in [6.45, 7) is 6.60. The zero-order valence-corrected chi connectivity index (χ0v) is 13.9. The zero-order valence-electron chi connectivity index (χ0n) is 13.9. The van der Waals surface area contributed by atoms with Crippen LogP contribution in [0, 0.1) is 6.92 Å². The van der Waals surface area contributed by atoms with E-state index >= 15 is 0 Å². The molecule has 1 aliphatic rings. The van der Waals surface area contributed by atoms with Crippen LogP contribution in [0.3, 0.4) is 0 Å². The molecular formula is C20H21N3O. The van der Waals surface area contributed by atoms with Crippen LogP contribution in [0.15, 0.2) is 48.7 Å². The lowest BCUT2D eigenvalue weighted by atomic mass is 10.0. The Labute approximate surface area is 142 Å². The van der Waals surface area contributed by atoms with Gasteiger partial charge in [0.25, 0.3) is 0 Å². The van der Waals surface area contributed by atoms with Crippen molar-refractivity contribution in [1.29, 1.82) is 0 Å². The van der Waals surface area contributed by atoms with E-state index in [1.165, 1.54) is 5.56 Å². The van der Waals surface area contributed by atoms with Crippen molar-refractivity contribution in [3.8, 4) is 11.3 Å². The lowest BCUT2D eigenvalue weighted by molar-refractivity contribution is 0.0341. The second kappa shape index (κ2) is 6.67. The van der Waals surface area contributed by atoms with E-state index in [-0.39, 0.29) is 0 Å². The predicted molar refractivity (Wildman–Crippen MR) is 95.8 cm³/mol. The maximum absolute atomic E-state index is 5.40. The first kappa shape index (κ1) is 15.2.